The molecule has 4 rings (SSSR count). The lowest BCUT2D eigenvalue weighted by Gasteiger charge is -2.25. The smallest absolute Gasteiger partial charge is 0.337 e. The van der Waals surface area contributed by atoms with Gasteiger partial charge in [-0.15, -0.1) is 13.2 Å². The monoisotopic (exact) mass is 604 g/mol. The van der Waals surface area contributed by atoms with Crippen molar-refractivity contribution in [3.8, 4) is 0 Å². The summed E-state index contributed by atoms with van der Waals surface area (Å²) in [6.45, 7) is 18.1. The Morgan fingerprint density at radius 2 is 0.950 bits per heavy atom. The highest BCUT2D eigenvalue weighted by molar-refractivity contribution is 9.08. The van der Waals surface area contributed by atoms with Crippen LogP contribution in [0.4, 0.5) is 11.4 Å². The highest BCUT2D eigenvalue weighted by atomic mass is 79.9. The summed E-state index contributed by atoms with van der Waals surface area (Å²) >= 11 is 2.94. The molecule has 2 aliphatic rings. The molecule has 0 spiro atoms. The fourth-order valence-electron chi connectivity index (χ4n) is 3.13. The standard InChI is InChI=1S/2C13H11NO2.2C3H6.CH3Br/c2*1-10-12(13(15)16)8-5-9-14(10)11-6-3-2-4-7-11;2*1-3-2;1-2/h2*2-9H,1H2,(H,15,16);2*3H,1H2,2H3;1H3. The third-order valence-corrected chi connectivity index (χ3v) is 4.73. The van der Waals surface area contributed by atoms with E-state index in [1.807, 2.05) is 80.3 Å². The Kier molecular flexibility index (Phi) is 18.0. The summed E-state index contributed by atoms with van der Waals surface area (Å²) in [7, 11) is 0. The van der Waals surface area contributed by atoms with E-state index in [2.05, 4.69) is 42.2 Å². The second-order valence-corrected chi connectivity index (χ2v) is 7.58. The number of nitrogens with zero attached hydrogens (tertiary/aromatic N) is 2. The first kappa shape index (κ1) is 35.4. The zero-order chi connectivity index (χ0) is 30.5. The minimum atomic E-state index is -0.963. The summed E-state index contributed by atoms with van der Waals surface area (Å²) in [5, 5.41) is 18.0. The number of carbonyl (C=O) groups is 2. The molecule has 0 aromatic heterocycles. The lowest BCUT2D eigenvalue weighted by molar-refractivity contribution is -0.133. The molecule has 0 aliphatic carbocycles. The molecule has 0 saturated heterocycles. The maximum atomic E-state index is 11.0. The summed E-state index contributed by atoms with van der Waals surface area (Å²) < 4.78 is 0. The van der Waals surface area contributed by atoms with Gasteiger partial charge in [-0.25, -0.2) is 9.59 Å². The van der Waals surface area contributed by atoms with Crippen LogP contribution in [0.1, 0.15) is 13.8 Å². The predicted octanol–water partition coefficient (Wildman–Crippen LogP) is 8.49. The number of anilines is 2. The lowest BCUT2D eigenvalue weighted by atomic mass is 10.1. The van der Waals surface area contributed by atoms with Crippen molar-refractivity contribution in [2.45, 2.75) is 13.8 Å². The summed E-state index contributed by atoms with van der Waals surface area (Å²) in [6, 6.07) is 19.0. The molecule has 0 unspecified atom stereocenters. The number of halogens is 1. The van der Waals surface area contributed by atoms with Gasteiger partial charge in [0.2, 0.25) is 0 Å². The van der Waals surface area contributed by atoms with Gasteiger partial charge in [0.25, 0.3) is 0 Å². The zero-order valence-electron chi connectivity index (χ0n) is 23.2. The molecule has 2 aromatic carbocycles. The van der Waals surface area contributed by atoms with Gasteiger partial charge in [0.05, 0.1) is 22.5 Å². The van der Waals surface area contributed by atoms with E-state index in [-0.39, 0.29) is 11.1 Å². The number of carboxylic acid groups (broad SMARTS) is 2. The van der Waals surface area contributed by atoms with E-state index < -0.39 is 11.9 Å². The van der Waals surface area contributed by atoms with Crippen LogP contribution in [0.5, 0.6) is 0 Å². The van der Waals surface area contributed by atoms with Crippen LogP contribution in [-0.4, -0.2) is 28.0 Å². The van der Waals surface area contributed by atoms with E-state index >= 15 is 0 Å². The molecule has 0 saturated carbocycles. The van der Waals surface area contributed by atoms with Crippen LogP contribution < -0.4 is 9.80 Å². The van der Waals surface area contributed by atoms with E-state index in [0.717, 1.165) is 11.4 Å². The minimum absolute atomic E-state index is 0.214. The Morgan fingerprint density at radius 1 is 0.675 bits per heavy atom. The SMILES string of the molecule is C=C1C(C(=O)O)=CC=CN1c1ccccc1.C=C1C(C(=O)O)=CC=CN1c1ccccc1.C=CC.C=CC.CBr. The average Bonchev–Trinajstić information content (AvgIpc) is 2.96. The molecule has 0 fully saturated rings. The topological polar surface area (TPSA) is 81.1 Å². The van der Waals surface area contributed by atoms with Crippen LogP contribution in [0.3, 0.4) is 0 Å². The molecular weight excluding hydrogens is 568 g/mol. The van der Waals surface area contributed by atoms with Crippen molar-refractivity contribution in [2.24, 2.45) is 0 Å². The molecular formula is C33H37BrN2O4. The van der Waals surface area contributed by atoms with E-state index in [1.165, 1.54) is 0 Å². The lowest BCUT2D eigenvalue weighted by Crippen LogP contribution is -2.21. The van der Waals surface area contributed by atoms with Gasteiger partial charge in [-0.1, -0.05) is 77.6 Å². The maximum Gasteiger partial charge on any atom is 0.337 e. The molecule has 40 heavy (non-hydrogen) atoms. The molecule has 210 valence electrons. The van der Waals surface area contributed by atoms with E-state index in [4.69, 9.17) is 10.2 Å². The van der Waals surface area contributed by atoms with E-state index in [1.54, 1.807) is 58.7 Å². The number of allylic oxidation sites excluding steroid dienone is 6. The van der Waals surface area contributed by atoms with Gasteiger partial charge in [-0.05, 0) is 68.3 Å². The Morgan fingerprint density at radius 3 is 1.20 bits per heavy atom. The van der Waals surface area contributed by atoms with Gasteiger partial charge >= 0.3 is 11.9 Å². The van der Waals surface area contributed by atoms with Gasteiger partial charge in [-0.2, -0.15) is 0 Å². The van der Waals surface area contributed by atoms with Crippen molar-refractivity contribution in [3.63, 3.8) is 0 Å². The quantitative estimate of drug-likeness (QED) is 0.269. The number of hydrogen-bond donors (Lipinski definition) is 2. The predicted molar refractivity (Wildman–Crippen MR) is 172 cm³/mol. The molecule has 6 nitrogen and oxygen atoms in total. The maximum absolute atomic E-state index is 11.0. The number of aliphatic carboxylic acids is 2. The summed E-state index contributed by atoms with van der Waals surface area (Å²) in [5.74, 6) is -0.113. The van der Waals surface area contributed by atoms with Crippen LogP contribution >= 0.6 is 15.9 Å². The fourth-order valence-corrected chi connectivity index (χ4v) is 3.13. The van der Waals surface area contributed by atoms with Gasteiger partial charge in [0.1, 0.15) is 0 Å². The highest BCUT2D eigenvalue weighted by Crippen LogP contribution is 2.27. The molecule has 0 bridgehead atoms. The van der Waals surface area contributed by atoms with Crippen LogP contribution in [0.2, 0.25) is 0 Å². The first-order chi connectivity index (χ1) is 19.2. The van der Waals surface area contributed by atoms with Crippen LogP contribution in [-0.2, 0) is 9.59 Å². The average molecular weight is 606 g/mol. The third kappa shape index (κ3) is 11.4. The number of hydrogen-bond acceptors (Lipinski definition) is 4. The molecule has 0 amide bonds. The van der Waals surface area contributed by atoms with Crippen molar-refractivity contribution >= 4 is 39.2 Å². The molecule has 2 N–H and O–H groups in total. The van der Waals surface area contributed by atoms with Crippen molar-refractivity contribution in [2.75, 3.05) is 15.6 Å². The highest BCUT2D eigenvalue weighted by Gasteiger charge is 2.20. The van der Waals surface area contributed by atoms with Crippen molar-refractivity contribution in [1.29, 1.82) is 0 Å². The fraction of sp³-hybridized carbons (Fsp3) is 0.0909. The van der Waals surface area contributed by atoms with Gasteiger partial charge < -0.3 is 20.0 Å². The Hall–Kier alpha value is -4.62. The van der Waals surface area contributed by atoms with Gasteiger partial charge in [-0.3, -0.25) is 0 Å². The van der Waals surface area contributed by atoms with Crippen molar-refractivity contribution in [3.05, 3.63) is 158 Å². The Bertz CT molecular complexity index is 1160. The van der Waals surface area contributed by atoms with Crippen molar-refractivity contribution in [1.82, 2.24) is 0 Å². The molecule has 0 radical (unpaired) electrons. The van der Waals surface area contributed by atoms with Gasteiger partial charge in [0, 0.05) is 23.8 Å². The molecule has 2 aromatic rings. The normalized spacial score (nSPS) is 12.7. The number of alkyl halides is 1. The molecule has 2 aliphatic heterocycles. The van der Waals surface area contributed by atoms with Crippen LogP contribution in [0, 0.1) is 0 Å². The second kappa shape index (κ2) is 20.4. The number of carboxylic acids is 2. The molecule has 2 heterocycles. The first-order valence-corrected chi connectivity index (χ1v) is 13.6. The molecule has 0 atom stereocenters. The first-order valence-electron chi connectivity index (χ1n) is 12.1. The van der Waals surface area contributed by atoms with E-state index in [9.17, 15) is 9.59 Å². The molecule has 7 heteroatoms. The number of para-hydroxylation sites is 2. The number of benzene rings is 2. The second-order valence-electron chi connectivity index (χ2n) is 7.58. The van der Waals surface area contributed by atoms with Crippen molar-refractivity contribution < 1.29 is 19.8 Å². The third-order valence-electron chi connectivity index (χ3n) is 4.73. The van der Waals surface area contributed by atoms with E-state index in [0.29, 0.717) is 11.4 Å². The van der Waals surface area contributed by atoms with Crippen LogP contribution in [0.15, 0.2) is 158 Å². The summed E-state index contributed by atoms with van der Waals surface area (Å²) in [6.07, 6.45) is 13.6. The number of rotatable bonds is 4. The summed E-state index contributed by atoms with van der Waals surface area (Å²) in [5.41, 5.74) is 3.17. The minimum Gasteiger partial charge on any atom is -0.478 e. The zero-order valence-corrected chi connectivity index (χ0v) is 24.8. The Labute approximate surface area is 246 Å². The Balaban J connectivity index is 0.000000605. The summed E-state index contributed by atoms with van der Waals surface area (Å²) in [4.78, 5) is 25.4. The largest absolute Gasteiger partial charge is 0.478 e. The van der Waals surface area contributed by atoms with Gasteiger partial charge in [0.15, 0.2) is 0 Å². The van der Waals surface area contributed by atoms with Crippen LogP contribution in [0.25, 0.3) is 0 Å².